The molecule has 0 bridgehead atoms. The van der Waals surface area contributed by atoms with E-state index in [0.717, 1.165) is 31.3 Å². The monoisotopic (exact) mass is 330 g/mol. The van der Waals surface area contributed by atoms with Crippen LogP contribution in [-0.2, 0) is 11.2 Å². The number of ether oxygens (including phenoxy) is 2. The minimum Gasteiger partial charge on any atom is -0.493 e. The average molecular weight is 331 g/mol. The molecule has 0 spiro atoms. The molecule has 0 radical (unpaired) electrons. The zero-order valence-electron chi connectivity index (χ0n) is 15.4. The fourth-order valence-electron chi connectivity index (χ4n) is 4.15. The summed E-state index contributed by atoms with van der Waals surface area (Å²) in [6, 6.07) is 6.90. The van der Waals surface area contributed by atoms with Crippen molar-refractivity contribution < 1.29 is 9.47 Å². The molecule has 1 heterocycles. The second kappa shape index (κ2) is 9.46. The van der Waals surface area contributed by atoms with Gasteiger partial charge in [0.05, 0.1) is 12.7 Å². The van der Waals surface area contributed by atoms with E-state index in [2.05, 4.69) is 25.1 Å². The predicted octanol–water partition coefficient (Wildman–Crippen LogP) is 6.02. The molecular formula is C22H34O2. The van der Waals surface area contributed by atoms with Crippen LogP contribution in [0, 0.1) is 0 Å². The lowest BCUT2D eigenvalue weighted by Gasteiger charge is -2.29. The summed E-state index contributed by atoms with van der Waals surface area (Å²) in [5.41, 5.74) is 2.95. The minimum atomic E-state index is 0.508. The molecule has 134 valence electrons. The molecule has 2 nitrogen and oxygen atoms in total. The van der Waals surface area contributed by atoms with Gasteiger partial charge in [0.1, 0.15) is 5.75 Å². The van der Waals surface area contributed by atoms with Crippen molar-refractivity contribution in [2.24, 2.45) is 0 Å². The topological polar surface area (TPSA) is 18.5 Å². The molecule has 1 saturated carbocycles. The summed E-state index contributed by atoms with van der Waals surface area (Å²) < 4.78 is 11.9. The van der Waals surface area contributed by atoms with Crippen LogP contribution in [0.1, 0.15) is 88.2 Å². The van der Waals surface area contributed by atoms with Crippen LogP contribution in [-0.4, -0.2) is 19.3 Å². The van der Waals surface area contributed by atoms with E-state index in [-0.39, 0.29) is 0 Å². The first-order chi connectivity index (χ1) is 11.9. The SMILES string of the molecule is CCCCCCCOC1CCC(c2ccc3c(c2)CCCO3)CC1. The van der Waals surface area contributed by atoms with Crippen LogP contribution in [0.2, 0.25) is 0 Å². The zero-order valence-corrected chi connectivity index (χ0v) is 15.4. The molecule has 1 aliphatic carbocycles. The maximum absolute atomic E-state index is 6.12. The van der Waals surface area contributed by atoms with Crippen molar-refractivity contribution in [2.75, 3.05) is 13.2 Å². The van der Waals surface area contributed by atoms with E-state index in [1.165, 1.54) is 75.3 Å². The summed E-state index contributed by atoms with van der Waals surface area (Å²) in [6.07, 6.45) is 14.5. The smallest absolute Gasteiger partial charge is 0.122 e. The molecule has 0 N–H and O–H groups in total. The maximum atomic E-state index is 6.12. The fraction of sp³-hybridized carbons (Fsp3) is 0.727. The number of aryl methyl sites for hydroxylation is 1. The Balaban J connectivity index is 1.39. The summed E-state index contributed by atoms with van der Waals surface area (Å²) in [5.74, 6) is 1.84. The van der Waals surface area contributed by atoms with Crippen molar-refractivity contribution in [3.8, 4) is 5.75 Å². The first-order valence-electron chi connectivity index (χ1n) is 10.2. The molecule has 1 aromatic carbocycles. The summed E-state index contributed by atoms with van der Waals surface area (Å²) in [5, 5.41) is 0. The van der Waals surface area contributed by atoms with Crippen molar-refractivity contribution in [1.82, 2.24) is 0 Å². The Bertz CT molecular complexity index is 489. The summed E-state index contributed by atoms with van der Waals surface area (Å²) in [4.78, 5) is 0. The number of benzene rings is 1. The van der Waals surface area contributed by atoms with Gasteiger partial charge in [0.15, 0.2) is 0 Å². The van der Waals surface area contributed by atoms with Crippen LogP contribution in [0.15, 0.2) is 18.2 Å². The van der Waals surface area contributed by atoms with Gasteiger partial charge in [0.25, 0.3) is 0 Å². The first-order valence-corrected chi connectivity index (χ1v) is 10.2. The number of rotatable bonds is 8. The van der Waals surface area contributed by atoms with E-state index >= 15 is 0 Å². The third-order valence-corrected chi connectivity index (χ3v) is 5.68. The van der Waals surface area contributed by atoms with Gasteiger partial charge in [-0.3, -0.25) is 0 Å². The van der Waals surface area contributed by atoms with Crippen LogP contribution >= 0.6 is 0 Å². The standard InChI is InChI=1S/C22H34O2/c1-2-3-4-5-6-15-23-21-12-9-18(10-13-21)19-11-14-22-20(17-19)8-7-16-24-22/h11,14,17-18,21H,2-10,12-13,15-16H2,1H3. The van der Waals surface area contributed by atoms with Crippen LogP contribution in [0.25, 0.3) is 0 Å². The van der Waals surface area contributed by atoms with Gasteiger partial charge in [-0.05, 0) is 68.1 Å². The molecule has 0 unspecified atom stereocenters. The first kappa shape index (κ1) is 17.8. The van der Waals surface area contributed by atoms with Crippen molar-refractivity contribution in [1.29, 1.82) is 0 Å². The average Bonchev–Trinajstić information content (AvgIpc) is 2.65. The lowest BCUT2D eigenvalue weighted by atomic mass is 9.82. The molecule has 0 amide bonds. The molecule has 2 aliphatic rings. The van der Waals surface area contributed by atoms with E-state index in [0.29, 0.717) is 6.10 Å². The molecule has 1 fully saturated rings. The van der Waals surface area contributed by atoms with Crippen LogP contribution in [0.5, 0.6) is 5.75 Å². The summed E-state index contributed by atoms with van der Waals surface area (Å²) >= 11 is 0. The molecule has 0 aromatic heterocycles. The Hall–Kier alpha value is -1.02. The van der Waals surface area contributed by atoms with Gasteiger partial charge in [0.2, 0.25) is 0 Å². The van der Waals surface area contributed by atoms with Crippen molar-refractivity contribution >= 4 is 0 Å². The number of hydrogen-bond acceptors (Lipinski definition) is 2. The van der Waals surface area contributed by atoms with E-state index in [1.54, 1.807) is 0 Å². The van der Waals surface area contributed by atoms with E-state index in [4.69, 9.17) is 9.47 Å². The normalized spacial score (nSPS) is 23.5. The molecule has 1 aliphatic heterocycles. The van der Waals surface area contributed by atoms with Gasteiger partial charge < -0.3 is 9.47 Å². The third-order valence-electron chi connectivity index (χ3n) is 5.68. The van der Waals surface area contributed by atoms with Crippen LogP contribution in [0.3, 0.4) is 0 Å². The third kappa shape index (κ3) is 4.99. The number of fused-ring (bicyclic) bond motifs is 1. The Morgan fingerprint density at radius 2 is 1.88 bits per heavy atom. The number of unbranched alkanes of at least 4 members (excludes halogenated alkanes) is 4. The highest BCUT2D eigenvalue weighted by Gasteiger charge is 2.23. The lowest BCUT2D eigenvalue weighted by Crippen LogP contribution is -2.21. The predicted molar refractivity (Wildman–Crippen MR) is 100.0 cm³/mol. The fourth-order valence-corrected chi connectivity index (χ4v) is 4.15. The van der Waals surface area contributed by atoms with Gasteiger partial charge in [-0.15, -0.1) is 0 Å². The highest BCUT2D eigenvalue weighted by Crippen LogP contribution is 2.36. The second-order valence-corrected chi connectivity index (χ2v) is 7.58. The Kier molecular flexibility index (Phi) is 7.01. The van der Waals surface area contributed by atoms with Crippen molar-refractivity contribution in [3.05, 3.63) is 29.3 Å². The van der Waals surface area contributed by atoms with E-state index < -0.39 is 0 Å². The molecule has 1 aromatic rings. The van der Waals surface area contributed by atoms with Gasteiger partial charge in [-0.2, -0.15) is 0 Å². The Morgan fingerprint density at radius 1 is 1.04 bits per heavy atom. The van der Waals surface area contributed by atoms with Crippen molar-refractivity contribution in [2.45, 2.75) is 89.6 Å². The molecular weight excluding hydrogens is 296 g/mol. The molecule has 2 heteroatoms. The van der Waals surface area contributed by atoms with Gasteiger partial charge >= 0.3 is 0 Å². The minimum absolute atomic E-state index is 0.508. The quantitative estimate of drug-likeness (QED) is 0.542. The Labute approximate surface area is 147 Å². The van der Waals surface area contributed by atoms with Gasteiger partial charge in [-0.1, -0.05) is 44.7 Å². The second-order valence-electron chi connectivity index (χ2n) is 7.58. The summed E-state index contributed by atoms with van der Waals surface area (Å²) in [7, 11) is 0. The summed E-state index contributed by atoms with van der Waals surface area (Å²) in [6.45, 7) is 4.12. The van der Waals surface area contributed by atoms with Crippen LogP contribution < -0.4 is 4.74 Å². The van der Waals surface area contributed by atoms with Gasteiger partial charge in [0, 0.05) is 6.61 Å². The van der Waals surface area contributed by atoms with E-state index in [1.807, 2.05) is 0 Å². The largest absolute Gasteiger partial charge is 0.493 e. The highest BCUT2D eigenvalue weighted by molar-refractivity contribution is 5.39. The molecule has 0 atom stereocenters. The highest BCUT2D eigenvalue weighted by atomic mass is 16.5. The molecule has 0 saturated heterocycles. The number of hydrogen-bond donors (Lipinski definition) is 0. The maximum Gasteiger partial charge on any atom is 0.122 e. The van der Waals surface area contributed by atoms with Crippen molar-refractivity contribution in [3.63, 3.8) is 0 Å². The Morgan fingerprint density at radius 3 is 2.71 bits per heavy atom. The van der Waals surface area contributed by atoms with E-state index in [9.17, 15) is 0 Å². The molecule has 3 rings (SSSR count). The molecule has 24 heavy (non-hydrogen) atoms. The van der Waals surface area contributed by atoms with Gasteiger partial charge in [-0.25, -0.2) is 0 Å². The van der Waals surface area contributed by atoms with Crippen LogP contribution in [0.4, 0.5) is 0 Å². The lowest BCUT2D eigenvalue weighted by molar-refractivity contribution is 0.0226. The zero-order chi connectivity index (χ0) is 16.6.